The molecule has 0 bridgehead atoms. The van der Waals surface area contributed by atoms with Gasteiger partial charge in [-0.05, 0) is 62.9 Å². The molecule has 1 aromatic carbocycles. The highest BCUT2D eigenvalue weighted by molar-refractivity contribution is 5.42. The highest BCUT2D eigenvalue weighted by Gasteiger charge is 2.20. The van der Waals surface area contributed by atoms with Crippen LogP contribution in [0, 0.1) is 13.8 Å². The van der Waals surface area contributed by atoms with Gasteiger partial charge in [-0.15, -0.1) is 0 Å². The molecule has 0 amide bonds. The van der Waals surface area contributed by atoms with Crippen molar-refractivity contribution in [1.29, 1.82) is 0 Å². The first-order valence-electron chi connectivity index (χ1n) is 7.85. The monoisotopic (exact) mass is 276 g/mol. The predicted octanol–water partition coefficient (Wildman–Crippen LogP) is 2.97. The van der Waals surface area contributed by atoms with Gasteiger partial charge in [-0.25, -0.2) is 0 Å². The molecule has 112 valence electrons. The molecule has 1 unspecified atom stereocenters. The van der Waals surface area contributed by atoms with Gasteiger partial charge < -0.3 is 10.4 Å². The van der Waals surface area contributed by atoms with E-state index in [1.807, 2.05) is 13.8 Å². The minimum atomic E-state index is 0.440. The van der Waals surface area contributed by atoms with Crippen LogP contribution in [0.1, 0.15) is 42.9 Å². The molecule has 3 heteroatoms. The maximum atomic E-state index is 9.89. The fourth-order valence-electron chi connectivity index (χ4n) is 3.19. The molecule has 1 fully saturated rings. The number of phenolic OH excluding ortho intramolecular Hbond substituents is 1. The van der Waals surface area contributed by atoms with E-state index < -0.39 is 0 Å². The average Bonchev–Trinajstić information content (AvgIpc) is 2.45. The molecule has 2 N–H and O–H groups in total. The summed E-state index contributed by atoms with van der Waals surface area (Å²) in [5.41, 5.74) is 3.29. The van der Waals surface area contributed by atoms with E-state index >= 15 is 0 Å². The molecule has 1 atom stereocenters. The summed E-state index contributed by atoms with van der Waals surface area (Å²) >= 11 is 0. The Bertz CT molecular complexity index is 416. The van der Waals surface area contributed by atoms with Gasteiger partial charge in [-0.2, -0.15) is 0 Å². The molecule has 2 rings (SSSR count). The van der Waals surface area contributed by atoms with Gasteiger partial charge in [-0.1, -0.05) is 19.1 Å². The van der Waals surface area contributed by atoms with Crippen molar-refractivity contribution < 1.29 is 5.11 Å². The minimum Gasteiger partial charge on any atom is -0.507 e. The molecule has 1 aliphatic heterocycles. The Hall–Kier alpha value is -1.06. The Labute approximate surface area is 123 Å². The summed E-state index contributed by atoms with van der Waals surface area (Å²) in [4.78, 5) is 2.59. The van der Waals surface area contributed by atoms with Crippen molar-refractivity contribution in [2.45, 2.75) is 52.6 Å². The second kappa shape index (κ2) is 7.09. The predicted molar refractivity (Wildman–Crippen MR) is 84.2 cm³/mol. The molecular formula is C17H28N2O. The molecule has 0 saturated carbocycles. The molecule has 0 aliphatic carbocycles. The largest absolute Gasteiger partial charge is 0.507 e. The third-order valence-electron chi connectivity index (χ3n) is 4.23. The van der Waals surface area contributed by atoms with Crippen LogP contribution in [0.5, 0.6) is 5.75 Å². The minimum absolute atomic E-state index is 0.440. The lowest BCUT2D eigenvalue weighted by molar-refractivity contribution is 0.158. The third kappa shape index (κ3) is 3.74. The quantitative estimate of drug-likeness (QED) is 0.868. The van der Waals surface area contributed by atoms with Crippen LogP contribution < -0.4 is 5.32 Å². The first-order chi connectivity index (χ1) is 9.61. The summed E-state index contributed by atoms with van der Waals surface area (Å²) in [6.07, 6.45) is 3.76. The zero-order valence-corrected chi connectivity index (χ0v) is 13.1. The van der Waals surface area contributed by atoms with Gasteiger partial charge in [0.25, 0.3) is 0 Å². The molecule has 0 radical (unpaired) electrons. The Kier molecular flexibility index (Phi) is 5.44. The van der Waals surface area contributed by atoms with Gasteiger partial charge in [0.05, 0.1) is 0 Å². The molecule has 0 spiro atoms. The summed E-state index contributed by atoms with van der Waals surface area (Å²) in [5.74, 6) is 0.440. The Morgan fingerprint density at radius 3 is 2.55 bits per heavy atom. The van der Waals surface area contributed by atoms with Gasteiger partial charge >= 0.3 is 0 Å². The van der Waals surface area contributed by atoms with E-state index in [-0.39, 0.29) is 0 Å². The van der Waals surface area contributed by atoms with Crippen LogP contribution in [0.15, 0.2) is 12.1 Å². The number of aryl methyl sites for hydroxylation is 2. The van der Waals surface area contributed by atoms with E-state index in [2.05, 4.69) is 29.3 Å². The Morgan fingerprint density at radius 2 is 2.00 bits per heavy atom. The fraction of sp³-hybridized carbons (Fsp3) is 0.647. The summed E-state index contributed by atoms with van der Waals surface area (Å²) in [7, 11) is 0. The van der Waals surface area contributed by atoms with Gasteiger partial charge in [-0.3, -0.25) is 4.90 Å². The molecule has 1 aromatic rings. The number of hydrogen-bond donors (Lipinski definition) is 2. The maximum absolute atomic E-state index is 9.89. The maximum Gasteiger partial charge on any atom is 0.121 e. The number of benzene rings is 1. The topological polar surface area (TPSA) is 35.5 Å². The van der Waals surface area contributed by atoms with Crippen LogP contribution >= 0.6 is 0 Å². The standard InChI is InChI=1S/C17H28N2O/c1-4-8-19(16-6-5-7-18-11-16)12-15-9-13(2)17(20)14(3)10-15/h9-10,16,18,20H,4-8,11-12H2,1-3H3. The summed E-state index contributed by atoms with van der Waals surface area (Å²) in [5, 5.41) is 13.4. The van der Waals surface area contributed by atoms with E-state index in [0.29, 0.717) is 11.8 Å². The van der Waals surface area contributed by atoms with Crippen molar-refractivity contribution in [2.24, 2.45) is 0 Å². The third-order valence-corrected chi connectivity index (χ3v) is 4.23. The molecule has 20 heavy (non-hydrogen) atoms. The van der Waals surface area contributed by atoms with Gasteiger partial charge in [0, 0.05) is 19.1 Å². The second-order valence-electron chi connectivity index (χ2n) is 6.05. The van der Waals surface area contributed by atoms with E-state index in [0.717, 1.165) is 37.3 Å². The highest BCUT2D eigenvalue weighted by atomic mass is 16.3. The zero-order chi connectivity index (χ0) is 14.5. The van der Waals surface area contributed by atoms with Crippen molar-refractivity contribution in [3.8, 4) is 5.75 Å². The summed E-state index contributed by atoms with van der Waals surface area (Å²) < 4.78 is 0. The van der Waals surface area contributed by atoms with Gasteiger partial charge in [0.2, 0.25) is 0 Å². The first-order valence-corrected chi connectivity index (χ1v) is 7.85. The fourth-order valence-corrected chi connectivity index (χ4v) is 3.19. The van der Waals surface area contributed by atoms with E-state index in [4.69, 9.17) is 0 Å². The molecule has 1 heterocycles. The van der Waals surface area contributed by atoms with Crippen LogP contribution in [0.25, 0.3) is 0 Å². The first kappa shape index (κ1) is 15.3. The normalized spacial score (nSPS) is 19.5. The van der Waals surface area contributed by atoms with Gasteiger partial charge in [0.15, 0.2) is 0 Å². The van der Waals surface area contributed by atoms with Gasteiger partial charge in [0.1, 0.15) is 5.75 Å². The average molecular weight is 276 g/mol. The van der Waals surface area contributed by atoms with Crippen LogP contribution in [0.2, 0.25) is 0 Å². The molecular weight excluding hydrogens is 248 g/mol. The van der Waals surface area contributed by atoms with E-state index in [9.17, 15) is 5.11 Å². The number of nitrogens with one attached hydrogen (secondary N) is 1. The summed E-state index contributed by atoms with van der Waals surface area (Å²) in [6.45, 7) is 10.6. The van der Waals surface area contributed by atoms with Crippen molar-refractivity contribution in [2.75, 3.05) is 19.6 Å². The Morgan fingerprint density at radius 1 is 1.30 bits per heavy atom. The van der Waals surface area contributed by atoms with Crippen LogP contribution in [-0.2, 0) is 6.54 Å². The molecule has 1 saturated heterocycles. The van der Waals surface area contributed by atoms with Crippen molar-refractivity contribution in [3.05, 3.63) is 28.8 Å². The number of phenols is 1. The lowest BCUT2D eigenvalue weighted by atomic mass is 10.0. The van der Waals surface area contributed by atoms with Crippen molar-refractivity contribution >= 4 is 0 Å². The Balaban J connectivity index is 2.10. The van der Waals surface area contributed by atoms with Crippen molar-refractivity contribution in [3.63, 3.8) is 0 Å². The molecule has 1 aliphatic rings. The lowest BCUT2D eigenvalue weighted by Crippen LogP contribution is -2.45. The van der Waals surface area contributed by atoms with Crippen LogP contribution in [-0.4, -0.2) is 35.7 Å². The van der Waals surface area contributed by atoms with E-state index in [1.165, 1.54) is 24.8 Å². The highest BCUT2D eigenvalue weighted by Crippen LogP contribution is 2.24. The zero-order valence-electron chi connectivity index (χ0n) is 13.1. The SMILES string of the molecule is CCCN(Cc1cc(C)c(O)c(C)c1)C1CCCNC1. The number of nitrogens with zero attached hydrogens (tertiary/aromatic N) is 1. The number of piperidine rings is 1. The summed E-state index contributed by atoms with van der Waals surface area (Å²) in [6, 6.07) is 4.90. The smallest absolute Gasteiger partial charge is 0.121 e. The van der Waals surface area contributed by atoms with Crippen molar-refractivity contribution in [1.82, 2.24) is 10.2 Å². The van der Waals surface area contributed by atoms with Crippen LogP contribution in [0.3, 0.4) is 0 Å². The number of aromatic hydroxyl groups is 1. The molecule has 0 aromatic heterocycles. The lowest BCUT2D eigenvalue weighted by Gasteiger charge is -2.34. The number of rotatable bonds is 5. The van der Waals surface area contributed by atoms with E-state index in [1.54, 1.807) is 0 Å². The number of hydrogen-bond acceptors (Lipinski definition) is 3. The van der Waals surface area contributed by atoms with Crippen LogP contribution in [0.4, 0.5) is 0 Å². The second-order valence-corrected chi connectivity index (χ2v) is 6.05. The molecule has 3 nitrogen and oxygen atoms in total.